The maximum absolute atomic E-state index is 13.6. The number of rotatable bonds is 3. The maximum Gasteiger partial charge on any atom is 0.263 e. The van der Waals surface area contributed by atoms with E-state index in [4.69, 9.17) is 34.8 Å². The molecule has 0 fully saturated rings. The van der Waals surface area contributed by atoms with E-state index in [-0.39, 0.29) is 15.9 Å². The van der Waals surface area contributed by atoms with Gasteiger partial charge in [0.1, 0.15) is 4.90 Å². The van der Waals surface area contributed by atoms with Crippen molar-refractivity contribution in [1.29, 1.82) is 0 Å². The fraction of sp³-hybridized carbons (Fsp3) is 0.0833. The van der Waals surface area contributed by atoms with E-state index in [1.165, 1.54) is 12.3 Å². The van der Waals surface area contributed by atoms with Gasteiger partial charge >= 0.3 is 0 Å². The first-order valence-corrected chi connectivity index (χ1v) is 8.12. The molecule has 0 saturated heterocycles. The molecule has 0 aliphatic rings. The van der Waals surface area contributed by atoms with E-state index in [1.54, 1.807) is 6.92 Å². The molecule has 2 aromatic rings. The molecule has 0 aliphatic carbocycles. The van der Waals surface area contributed by atoms with Gasteiger partial charge in [-0.15, -0.1) is 0 Å². The Balaban J connectivity index is 2.49. The van der Waals surface area contributed by atoms with Gasteiger partial charge in [-0.1, -0.05) is 34.8 Å². The minimum atomic E-state index is -4.13. The van der Waals surface area contributed by atoms with E-state index >= 15 is 0 Å². The topological polar surface area (TPSA) is 59.1 Å². The van der Waals surface area contributed by atoms with Gasteiger partial charge in [0.25, 0.3) is 10.0 Å². The van der Waals surface area contributed by atoms with Gasteiger partial charge in [0.2, 0.25) is 0 Å². The van der Waals surface area contributed by atoms with Crippen molar-refractivity contribution in [2.24, 2.45) is 0 Å². The molecule has 0 amide bonds. The van der Waals surface area contributed by atoms with Crippen molar-refractivity contribution in [2.75, 3.05) is 4.72 Å². The van der Waals surface area contributed by atoms with Gasteiger partial charge in [-0.2, -0.15) is 0 Å². The van der Waals surface area contributed by atoms with Gasteiger partial charge < -0.3 is 0 Å². The zero-order chi connectivity index (χ0) is 15.8. The zero-order valence-corrected chi connectivity index (χ0v) is 13.6. The van der Waals surface area contributed by atoms with E-state index in [9.17, 15) is 12.8 Å². The number of nitrogens with one attached hydrogen (secondary N) is 1. The summed E-state index contributed by atoms with van der Waals surface area (Å²) in [4.78, 5) is 3.38. The van der Waals surface area contributed by atoms with Crippen molar-refractivity contribution in [3.05, 3.63) is 51.0 Å². The molecular weight excluding hydrogens is 362 g/mol. The highest BCUT2D eigenvalue weighted by molar-refractivity contribution is 7.92. The quantitative estimate of drug-likeness (QED) is 0.648. The number of hydrogen-bond acceptors (Lipinski definition) is 3. The van der Waals surface area contributed by atoms with E-state index in [2.05, 4.69) is 9.71 Å². The highest BCUT2D eigenvalue weighted by Crippen LogP contribution is 2.31. The predicted octanol–water partition coefficient (Wildman–Crippen LogP) is 4.29. The largest absolute Gasteiger partial charge is 0.276 e. The minimum absolute atomic E-state index is 0.0327. The molecule has 0 spiro atoms. The predicted molar refractivity (Wildman–Crippen MR) is 81.2 cm³/mol. The molecular formula is C12H8Cl3FN2O2S. The third kappa shape index (κ3) is 3.40. The van der Waals surface area contributed by atoms with Crippen LogP contribution < -0.4 is 4.72 Å². The molecule has 0 bridgehead atoms. The third-order valence-corrected chi connectivity index (χ3v) is 4.99. The average Bonchev–Trinajstić information content (AvgIpc) is 2.39. The SMILES string of the molecule is Cc1cnc(Cl)c(NS(=O)(=O)c2ccc(Cl)c(F)c2Cl)c1. The summed E-state index contributed by atoms with van der Waals surface area (Å²) in [6, 6.07) is 3.70. The van der Waals surface area contributed by atoms with Crippen LogP contribution in [0.15, 0.2) is 29.3 Å². The van der Waals surface area contributed by atoms with Crippen LogP contribution in [0, 0.1) is 12.7 Å². The van der Waals surface area contributed by atoms with Crippen LogP contribution in [0.3, 0.4) is 0 Å². The molecule has 0 unspecified atom stereocenters. The van der Waals surface area contributed by atoms with Crippen LogP contribution in [0.1, 0.15) is 5.56 Å². The van der Waals surface area contributed by atoms with Crippen molar-refractivity contribution in [3.8, 4) is 0 Å². The molecule has 0 saturated carbocycles. The van der Waals surface area contributed by atoms with E-state index in [0.29, 0.717) is 5.56 Å². The highest BCUT2D eigenvalue weighted by atomic mass is 35.5. The number of benzene rings is 1. The first-order valence-electron chi connectivity index (χ1n) is 5.51. The van der Waals surface area contributed by atoms with Crippen molar-refractivity contribution >= 4 is 50.5 Å². The highest BCUT2D eigenvalue weighted by Gasteiger charge is 2.23. The Labute approximate surface area is 135 Å². The average molecular weight is 370 g/mol. The summed E-state index contributed by atoms with van der Waals surface area (Å²) in [6.45, 7) is 1.72. The van der Waals surface area contributed by atoms with Crippen LogP contribution >= 0.6 is 34.8 Å². The van der Waals surface area contributed by atoms with Gasteiger partial charge in [0.05, 0.1) is 15.7 Å². The lowest BCUT2D eigenvalue weighted by molar-refractivity contribution is 0.595. The maximum atomic E-state index is 13.6. The Morgan fingerprint density at radius 3 is 2.57 bits per heavy atom. The number of halogens is 4. The number of hydrogen-bond donors (Lipinski definition) is 1. The Bertz CT molecular complexity index is 812. The number of anilines is 1. The van der Waals surface area contributed by atoms with Gasteiger partial charge in [-0.3, -0.25) is 4.72 Å². The van der Waals surface area contributed by atoms with Crippen LogP contribution in [-0.2, 0) is 10.0 Å². The molecule has 0 radical (unpaired) electrons. The second-order valence-corrected chi connectivity index (χ2v) is 6.92. The molecule has 21 heavy (non-hydrogen) atoms. The fourth-order valence-corrected chi connectivity index (χ4v) is 3.55. The number of nitrogens with zero attached hydrogens (tertiary/aromatic N) is 1. The summed E-state index contributed by atoms with van der Waals surface area (Å²) in [5.74, 6) is -1.00. The van der Waals surface area contributed by atoms with Crippen LogP contribution in [0.4, 0.5) is 10.1 Å². The first-order chi connectivity index (χ1) is 9.72. The number of aromatic nitrogens is 1. The molecule has 0 atom stereocenters. The van der Waals surface area contributed by atoms with Crippen LogP contribution in [0.5, 0.6) is 0 Å². The van der Waals surface area contributed by atoms with Crippen LogP contribution in [-0.4, -0.2) is 13.4 Å². The van der Waals surface area contributed by atoms with Gasteiger partial charge in [-0.05, 0) is 30.7 Å². The molecule has 1 N–H and O–H groups in total. The Morgan fingerprint density at radius 2 is 1.90 bits per heavy atom. The van der Waals surface area contributed by atoms with Gasteiger partial charge in [0.15, 0.2) is 11.0 Å². The molecule has 1 heterocycles. The van der Waals surface area contributed by atoms with Crippen molar-refractivity contribution in [2.45, 2.75) is 11.8 Å². The summed E-state index contributed by atoms with van der Waals surface area (Å²) in [7, 11) is -4.13. The second kappa shape index (κ2) is 5.96. The van der Waals surface area contributed by atoms with Crippen molar-refractivity contribution < 1.29 is 12.8 Å². The molecule has 9 heteroatoms. The first kappa shape index (κ1) is 16.3. The third-order valence-electron chi connectivity index (χ3n) is 2.51. The van der Waals surface area contributed by atoms with E-state index < -0.39 is 25.8 Å². The van der Waals surface area contributed by atoms with Crippen LogP contribution in [0.25, 0.3) is 0 Å². The summed E-state index contributed by atoms with van der Waals surface area (Å²) in [6.07, 6.45) is 1.48. The zero-order valence-electron chi connectivity index (χ0n) is 10.5. The fourth-order valence-electron chi connectivity index (χ4n) is 1.54. The van der Waals surface area contributed by atoms with Crippen molar-refractivity contribution in [3.63, 3.8) is 0 Å². The number of aryl methyl sites for hydroxylation is 1. The summed E-state index contributed by atoms with van der Waals surface area (Å²) in [5.41, 5.74) is 0.772. The molecule has 1 aromatic heterocycles. The van der Waals surface area contributed by atoms with E-state index in [0.717, 1.165) is 12.1 Å². The summed E-state index contributed by atoms with van der Waals surface area (Å²) >= 11 is 17.0. The molecule has 2 rings (SSSR count). The smallest absolute Gasteiger partial charge is 0.263 e. The standard InChI is InChI=1S/C12H8Cl3FN2O2S/c1-6-4-8(12(15)17-5-6)18-21(19,20)9-3-2-7(13)11(16)10(9)14/h2-5,18H,1H3. The van der Waals surface area contributed by atoms with Gasteiger partial charge in [-0.25, -0.2) is 17.8 Å². The lowest BCUT2D eigenvalue weighted by Gasteiger charge is -2.11. The van der Waals surface area contributed by atoms with E-state index in [1.807, 2.05) is 0 Å². The molecule has 4 nitrogen and oxygen atoms in total. The molecule has 0 aliphatic heterocycles. The molecule has 1 aromatic carbocycles. The monoisotopic (exact) mass is 368 g/mol. The minimum Gasteiger partial charge on any atom is -0.276 e. The second-order valence-electron chi connectivity index (χ2n) is 4.13. The Morgan fingerprint density at radius 1 is 1.24 bits per heavy atom. The van der Waals surface area contributed by atoms with Crippen LogP contribution in [0.2, 0.25) is 15.2 Å². The lowest BCUT2D eigenvalue weighted by Crippen LogP contribution is -2.14. The normalized spacial score (nSPS) is 11.5. The molecule has 112 valence electrons. The van der Waals surface area contributed by atoms with Crippen molar-refractivity contribution in [1.82, 2.24) is 4.98 Å². The Kier molecular flexibility index (Phi) is 4.63. The number of pyridine rings is 1. The Hall–Kier alpha value is -1.08. The summed E-state index contributed by atoms with van der Waals surface area (Å²) in [5, 5.41) is -0.893. The van der Waals surface area contributed by atoms with Gasteiger partial charge in [0, 0.05) is 6.20 Å². The summed E-state index contributed by atoms with van der Waals surface area (Å²) < 4.78 is 40.3. The number of sulfonamides is 1. The lowest BCUT2D eigenvalue weighted by atomic mass is 10.3.